The Morgan fingerprint density at radius 3 is 2.56 bits per heavy atom. The number of benzene rings is 1. The van der Waals surface area contributed by atoms with Crippen molar-refractivity contribution in [2.75, 3.05) is 6.54 Å². The van der Waals surface area contributed by atoms with Gasteiger partial charge >= 0.3 is 0 Å². The number of hydrogen-bond acceptors (Lipinski definition) is 3. The molecule has 0 aliphatic heterocycles. The van der Waals surface area contributed by atoms with Crippen molar-refractivity contribution < 1.29 is 9.90 Å². The fourth-order valence-electron chi connectivity index (χ4n) is 1.15. The molecule has 2 N–H and O–H groups in total. The maximum Gasteiger partial charge on any atom is 0.233 e. The van der Waals surface area contributed by atoms with E-state index in [1.807, 2.05) is 37.3 Å². The van der Waals surface area contributed by atoms with Crippen LogP contribution in [-0.2, 0) is 4.79 Å². The van der Waals surface area contributed by atoms with E-state index in [0.29, 0.717) is 6.54 Å². The van der Waals surface area contributed by atoms with Gasteiger partial charge in [0.15, 0.2) is 0 Å². The lowest BCUT2D eigenvalue weighted by molar-refractivity contribution is -0.120. The van der Waals surface area contributed by atoms with Gasteiger partial charge in [-0.3, -0.25) is 4.79 Å². The van der Waals surface area contributed by atoms with E-state index >= 15 is 0 Å². The van der Waals surface area contributed by atoms with E-state index in [4.69, 9.17) is 5.11 Å². The second-order valence-corrected chi connectivity index (χ2v) is 5.08. The van der Waals surface area contributed by atoms with E-state index in [1.165, 1.54) is 11.8 Å². The van der Waals surface area contributed by atoms with E-state index < -0.39 is 6.10 Å². The van der Waals surface area contributed by atoms with Crippen molar-refractivity contribution in [3.8, 4) is 0 Å². The highest BCUT2D eigenvalue weighted by Gasteiger charge is 2.13. The van der Waals surface area contributed by atoms with Crippen LogP contribution in [0, 0.1) is 0 Å². The number of carbonyl (C=O) groups is 1. The number of rotatable bonds is 5. The highest BCUT2D eigenvalue weighted by atomic mass is 32.2. The molecule has 0 bridgehead atoms. The van der Waals surface area contributed by atoms with Crippen LogP contribution >= 0.6 is 11.8 Å². The molecule has 16 heavy (non-hydrogen) atoms. The van der Waals surface area contributed by atoms with Crippen LogP contribution in [0.25, 0.3) is 0 Å². The number of hydrogen-bond donors (Lipinski definition) is 2. The van der Waals surface area contributed by atoms with Crippen molar-refractivity contribution in [2.24, 2.45) is 0 Å². The van der Waals surface area contributed by atoms with Crippen LogP contribution in [-0.4, -0.2) is 28.9 Å². The summed E-state index contributed by atoms with van der Waals surface area (Å²) in [4.78, 5) is 12.7. The Morgan fingerprint density at radius 2 is 2.00 bits per heavy atom. The zero-order chi connectivity index (χ0) is 12.0. The lowest BCUT2D eigenvalue weighted by Gasteiger charge is -2.12. The van der Waals surface area contributed by atoms with Gasteiger partial charge in [0.1, 0.15) is 0 Å². The number of thioether (sulfide) groups is 1. The van der Waals surface area contributed by atoms with Gasteiger partial charge in [0.25, 0.3) is 0 Å². The van der Waals surface area contributed by atoms with Crippen LogP contribution < -0.4 is 5.32 Å². The van der Waals surface area contributed by atoms with Gasteiger partial charge in [0.2, 0.25) is 5.91 Å². The van der Waals surface area contributed by atoms with E-state index in [1.54, 1.807) is 6.92 Å². The van der Waals surface area contributed by atoms with Crippen LogP contribution in [0.2, 0.25) is 0 Å². The van der Waals surface area contributed by atoms with E-state index in [0.717, 1.165) is 4.90 Å². The molecule has 0 fully saturated rings. The first-order chi connectivity index (χ1) is 7.59. The molecular weight excluding hydrogens is 222 g/mol. The molecular formula is C12H17NO2S. The van der Waals surface area contributed by atoms with Gasteiger partial charge in [0, 0.05) is 11.4 Å². The third-order valence-electron chi connectivity index (χ3n) is 2.00. The molecule has 0 saturated carbocycles. The lowest BCUT2D eigenvalue weighted by atomic mass is 10.4. The first kappa shape index (κ1) is 13.1. The summed E-state index contributed by atoms with van der Waals surface area (Å²) in [6.45, 7) is 3.81. The van der Waals surface area contributed by atoms with Crippen LogP contribution in [0.3, 0.4) is 0 Å². The number of aliphatic hydroxyl groups is 1. The predicted molar refractivity (Wildman–Crippen MR) is 66.5 cm³/mol. The van der Waals surface area contributed by atoms with Gasteiger partial charge in [-0.1, -0.05) is 18.2 Å². The standard InChI is InChI=1S/C12H17NO2S/c1-9(14)8-13-12(15)10(2)16-11-6-4-3-5-7-11/h3-7,9-10,14H,8H2,1-2H3,(H,13,15). The van der Waals surface area contributed by atoms with Gasteiger partial charge in [-0.05, 0) is 26.0 Å². The number of amides is 1. The Labute approximate surface area is 100 Å². The highest BCUT2D eigenvalue weighted by Crippen LogP contribution is 2.22. The van der Waals surface area contributed by atoms with Crippen molar-refractivity contribution in [1.29, 1.82) is 0 Å². The monoisotopic (exact) mass is 239 g/mol. The summed E-state index contributed by atoms with van der Waals surface area (Å²) in [5.74, 6) is -0.0465. The summed E-state index contributed by atoms with van der Waals surface area (Å²) in [6.07, 6.45) is -0.502. The molecule has 1 aromatic rings. The molecule has 0 aliphatic carbocycles. The van der Waals surface area contributed by atoms with Crippen molar-refractivity contribution in [3.63, 3.8) is 0 Å². The fourth-order valence-corrected chi connectivity index (χ4v) is 2.06. The van der Waals surface area contributed by atoms with Crippen LogP contribution in [0.5, 0.6) is 0 Å². The minimum Gasteiger partial charge on any atom is -0.392 e. The maximum absolute atomic E-state index is 11.6. The predicted octanol–water partition coefficient (Wildman–Crippen LogP) is 1.66. The number of nitrogens with one attached hydrogen (secondary N) is 1. The lowest BCUT2D eigenvalue weighted by Crippen LogP contribution is -2.35. The molecule has 0 spiro atoms. The largest absolute Gasteiger partial charge is 0.392 e. The van der Waals surface area contributed by atoms with Gasteiger partial charge in [-0.25, -0.2) is 0 Å². The molecule has 1 amide bonds. The average molecular weight is 239 g/mol. The zero-order valence-electron chi connectivity index (χ0n) is 9.51. The van der Waals surface area contributed by atoms with Gasteiger partial charge < -0.3 is 10.4 Å². The zero-order valence-corrected chi connectivity index (χ0v) is 10.3. The van der Waals surface area contributed by atoms with Crippen molar-refractivity contribution in [3.05, 3.63) is 30.3 Å². The van der Waals surface area contributed by atoms with Gasteiger partial charge in [-0.15, -0.1) is 11.8 Å². The average Bonchev–Trinajstić information content (AvgIpc) is 2.27. The Bertz CT molecular complexity index is 327. The first-order valence-electron chi connectivity index (χ1n) is 5.27. The van der Waals surface area contributed by atoms with Crippen molar-refractivity contribution in [2.45, 2.75) is 30.1 Å². The van der Waals surface area contributed by atoms with Crippen LogP contribution in [0.4, 0.5) is 0 Å². The second-order valence-electron chi connectivity index (χ2n) is 3.67. The fraction of sp³-hybridized carbons (Fsp3) is 0.417. The van der Waals surface area contributed by atoms with Gasteiger partial charge in [0.05, 0.1) is 11.4 Å². The summed E-state index contributed by atoms with van der Waals surface area (Å²) < 4.78 is 0. The smallest absolute Gasteiger partial charge is 0.233 e. The Kier molecular flexibility index (Phi) is 5.35. The SMILES string of the molecule is CC(O)CNC(=O)C(C)Sc1ccccc1. The molecule has 88 valence electrons. The molecule has 0 heterocycles. The van der Waals surface area contributed by atoms with E-state index in [-0.39, 0.29) is 11.2 Å². The summed E-state index contributed by atoms with van der Waals surface area (Å²) in [7, 11) is 0. The summed E-state index contributed by atoms with van der Waals surface area (Å²) in [6, 6.07) is 9.79. The first-order valence-corrected chi connectivity index (χ1v) is 6.15. The third kappa shape index (κ3) is 4.68. The molecule has 2 atom stereocenters. The molecule has 1 aromatic carbocycles. The van der Waals surface area contributed by atoms with Crippen molar-refractivity contribution in [1.82, 2.24) is 5.32 Å². The Morgan fingerprint density at radius 1 is 1.38 bits per heavy atom. The Balaban J connectivity index is 2.40. The molecule has 1 rings (SSSR count). The van der Waals surface area contributed by atoms with Gasteiger partial charge in [-0.2, -0.15) is 0 Å². The van der Waals surface area contributed by atoms with Crippen LogP contribution in [0.15, 0.2) is 35.2 Å². The minimum absolute atomic E-state index is 0.0465. The Hall–Kier alpha value is -1.00. The quantitative estimate of drug-likeness (QED) is 0.768. The van der Waals surface area contributed by atoms with Crippen molar-refractivity contribution >= 4 is 17.7 Å². The molecule has 3 nitrogen and oxygen atoms in total. The molecule has 4 heteroatoms. The summed E-state index contributed by atoms with van der Waals surface area (Å²) in [5, 5.41) is 11.6. The molecule has 0 saturated heterocycles. The third-order valence-corrected chi connectivity index (χ3v) is 3.11. The van der Waals surface area contributed by atoms with E-state index in [9.17, 15) is 4.79 Å². The normalized spacial score (nSPS) is 14.2. The second kappa shape index (κ2) is 6.55. The molecule has 2 unspecified atom stereocenters. The topological polar surface area (TPSA) is 49.3 Å². The molecule has 0 aliphatic rings. The maximum atomic E-state index is 11.6. The number of aliphatic hydroxyl groups excluding tert-OH is 1. The summed E-state index contributed by atoms with van der Waals surface area (Å²) >= 11 is 1.51. The number of carbonyl (C=O) groups excluding carboxylic acids is 1. The molecule has 0 aromatic heterocycles. The molecule has 0 radical (unpaired) electrons. The summed E-state index contributed by atoms with van der Waals surface area (Å²) in [5.41, 5.74) is 0. The highest BCUT2D eigenvalue weighted by molar-refractivity contribution is 8.00. The minimum atomic E-state index is -0.502. The van der Waals surface area contributed by atoms with Crippen LogP contribution in [0.1, 0.15) is 13.8 Å². The van der Waals surface area contributed by atoms with E-state index in [2.05, 4.69) is 5.32 Å².